The van der Waals surface area contributed by atoms with E-state index >= 15 is 0 Å². The van der Waals surface area contributed by atoms with E-state index in [1.807, 2.05) is 67.3 Å². The van der Waals surface area contributed by atoms with Gasteiger partial charge in [-0.2, -0.15) is 0 Å². The van der Waals surface area contributed by atoms with Gasteiger partial charge >= 0.3 is 0 Å². The smallest absolute Gasteiger partial charge is 0.226 e. The van der Waals surface area contributed by atoms with Gasteiger partial charge in [-0.05, 0) is 49.5 Å². The zero-order chi connectivity index (χ0) is 19.9. The Labute approximate surface area is 168 Å². The van der Waals surface area contributed by atoms with Crippen molar-refractivity contribution in [1.82, 2.24) is 0 Å². The summed E-state index contributed by atoms with van der Waals surface area (Å²) in [5, 5.41) is 0. The number of anilines is 1. The van der Waals surface area contributed by atoms with Crippen molar-refractivity contribution in [2.24, 2.45) is 5.92 Å². The molecular weight excluding hydrogens is 346 g/mol. The first-order valence-corrected chi connectivity index (χ1v) is 10.2. The molecule has 0 radical (unpaired) electrons. The number of hydrogen-bond acceptors (Lipinski definition) is 2. The quantitative estimate of drug-likeness (QED) is 0.618. The van der Waals surface area contributed by atoms with Crippen LogP contribution in [0.2, 0.25) is 0 Å². The summed E-state index contributed by atoms with van der Waals surface area (Å²) in [5.41, 5.74) is 3.20. The third-order valence-corrected chi connectivity index (χ3v) is 5.60. The average Bonchev–Trinajstić information content (AvgIpc) is 3.19. The van der Waals surface area contributed by atoms with Crippen molar-refractivity contribution < 1.29 is 9.59 Å². The van der Waals surface area contributed by atoms with E-state index in [2.05, 4.69) is 12.1 Å². The van der Waals surface area contributed by atoms with E-state index in [4.69, 9.17) is 0 Å². The molecule has 1 aliphatic rings. The Bertz CT molecular complexity index is 841. The SMILES string of the molecule is CCC(=O)N(c1ccccc1C)[C@@H]1CCCC1C(=O)C=CCc1ccccc1. The van der Waals surface area contributed by atoms with Gasteiger partial charge in [0, 0.05) is 24.1 Å². The fraction of sp³-hybridized carbons (Fsp3) is 0.360. The first-order valence-electron chi connectivity index (χ1n) is 10.2. The maximum atomic E-state index is 13.0. The van der Waals surface area contributed by atoms with Gasteiger partial charge in [-0.15, -0.1) is 0 Å². The number of hydrogen-bond donors (Lipinski definition) is 0. The Morgan fingerprint density at radius 2 is 1.75 bits per heavy atom. The second-order valence-electron chi connectivity index (χ2n) is 7.50. The normalized spacial score (nSPS) is 19.1. The lowest BCUT2D eigenvalue weighted by Gasteiger charge is -2.33. The number of benzene rings is 2. The van der Waals surface area contributed by atoms with E-state index in [1.165, 1.54) is 5.56 Å². The van der Waals surface area contributed by atoms with Gasteiger partial charge in [0.1, 0.15) is 0 Å². The number of carbonyl (C=O) groups is 2. The van der Waals surface area contributed by atoms with E-state index in [-0.39, 0.29) is 23.7 Å². The van der Waals surface area contributed by atoms with Gasteiger partial charge in [-0.25, -0.2) is 0 Å². The van der Waals surface area contributed by atoms with Crippen LogP contribution in [0.4, 0.5) is 5.69 Å². The van der Waals surface area contributed by atoms with Crippen LogP contribution < -0.4 is 4.90 Å². The molecule has 2 aromatic rings. The van der Waals surface area contributed by atoms with Crippen LogP contribution in [0.25, 0.3) is 0 Å². The summed E-state index contributed by atoms with van der Waals surface area (Å²) in [5.74, 6) is 0.107. The van der Waals surface area contributed by atoms with Crippen LogP contribution in [-0.4, -0.2) is 17.7 Å². The fourth-order valence-electron chi connectivity index (χ4n) is 4.13. The van der Waals surface area contributed by atoms with E-state index in [0.717, 1.165) is 36.9 Å². The number of aryl methyl sites for hydroxylation is 1. The molecule has 1 fully saturated rings. The molecule has 3 rings (SSSR count). The van der Waals surface area contributed by atoms with Crippen molar-refractivity contribution in [2.45, 2.75) is 52.0 Å². The van der Waals surface area contributed by atoms with Crippen LogP contribution in [-0.2, 0) is 16.0 Å². The van der Waals surface area contributed by atoms with E-state index < -0.39 is 0 Å². The molecule has 0 heterocycles. The van der Waals surface area contributed by atoms with Gasteiger partial charge in [0.2, 0.25) is 5.91 Å². The van der Waals surface area contributed by atoms with Crippen LogP contribution in [0.3, 0.4) is 0 Å². The predicted octanol–water partition coefficient (Wildman–Crippen LogP) is 5.27. The first kappa shape index (κ1) is 20.1. The van der Waals surface area contributed by atoms with Crippen molar-refractivity contribution in [1.29, 1.82) is 0 Å². The van der Waals surface area contributed by atoms with Gasteiger partial charge in [0.05, 0.1) is 0 Å². The highest BCUT2D eigenvalue weighted by Crippen LogP contribution is 2.35. The summed E-state index contributed by atoms with van der Waals surface area (Å²) in [4.78, 5) is 27.7. The molecule has 2 aromatic carbocycles. The average molecular weight is 376 g/mol. The number of rotatable bonds is 7. The zero-order valence-electron chi connectivity index (χ0n) is 16.8. The van der Waals surface area contributed by atoms with Crippen LogP contribution >= 0.6 is 0 Å². The van der Waals surface area contributed by atoms with Crippen molar-refractivity contribution in [3.05, 3.63) is 77.9 Å². The molecule has 28 heavy (non-hydrogen) atoms. The molecule has 1 aliphatic carbocycles. The summed E-state index contributed by atoms with van der Waals surface area (Å²) in [7, 11) is 0. The molecule has 0 spiro atoms. The Hall–Kier alpha value is -2.68. The Kier molecular flexibility index (Phi) is 6.80. The van der Waals surface area contributed by atoms with Crippen molar-refractivity contribution in [3.63, 3.8) is 0 Å². The van der Waals surface area contributed by atoms with Gasteiger partial charge < -0.3 is 4.90 Å². The van der Waals surface area contributed by atoms with E-state index in [0.29, 0.717) is 6.42 Å². The Morgan fingerprint density at radius 1 is 1.04 bits per heavy atom. The molecule has 0 bridgehead atoms. The van der Waals surface area contributed by atoms with Crippen molar-refractivity contribution in [3.8, 4) is 0 Å². The predicted molar refractivity (Wildman–Crippen MR) is 114 cm³/mol. The van der Waals surface area contributed by atoms with Gasteiger partial charge in [-0.1, -0.05) is 68.0 Å². The number of carbonyl (C=O) groups excluding carboxylic acids is 2. The van der Waals surface area contributed by atoms with Crippen LogP contribution in [0.15, 0.2) is 66.7 Å². The number of allylic oxidation sites excluding steroid dienone is 2. The highest BCUT2D eigenvalue weighted by molar-refractivity contribution is 5.98. The molecule has 146 valence electrons. The topological polar surface area (TPSA) is 37.4 Å². The third kappa shape index (κ3) is 4.59. The number of nitrogens with zero attached hydrogens (tertiary/aromatic N) is 1. The van der Waals surface area contributed by atoms with Gasteiger partial charge in [0.25, 0.3) is 0 Å². The van der Waals surface area contributed by atoms with Crippen molar-refractivity contribution in [2.75, 3.05) is 4.90 Å². The minimum atomic E-state index is -0.123. The largest absolute Gasteiger partial charge is 0.308 e. The van der Waals surface area contributed by atoms with Crippen molar-refractivity contribution >= 4 is 17.4 Å². The molecule has 0 aliphatic heterocycles. The molecule has 1 saturated carbocycles. The molecule has 0 N–H and O–H groups in total. The molecular formula is C25H29NO2. The van der Waals surface area contributed by atoms with E-state index in [9.17, 15) is 9.59 Å². The van der Waals surface area contributed by atoms with E-state index in [1.54, 1.807) is 6.08 Å². The summed E-state index contributed by atoms with van der Waals surface area (Å²) < 4.78 is 0. The molecule has 3 heteroatoms. The summed E-state index contributed by atoms with van der Waals surface area (Å²) >= 11 is 0. The number of para-hydroxylation sites is 1. The third-order valence-electron chi connectivity index (χ3n) is 5.60. The molecule has 1 unspecified atom stereocenters. The molecule has 0 saturated heterocycles. The highest BCUT2D eigenvalue weighted by Gasteiger charge is 2.38. The van der Waals surface area contributed by atoms with Crippen LogP contribution in [0, 0.1) is 12.8 Å². The Morgan fingerprint density at radius 3 is 2.46 bits per heavy atom. The monoisotopic (exact) mass is 375 g/mol. The number of amides is 1. The maximum Gasteiger partial charge on any atom is 0.226 e. The van der Waals surface area contributed by atoms with Gasteiger partial charge in [-0.3, -0.25) is 9.59 Å². The fourth-order valence-corrected chi connectivity index (χ4v) is 4.13. The Balaban J connectivity index is 1.78. The lowest BCUT2D eigenvalue weighted by atomic mass is 9.94. The highest BCUT2D eigenvalue weighted by atomic mass is 16.2. The lowest BCUT2D eigenvalue weighted by molar-refractivity contribution is -0.120. The first-order chi connectivity index (χ1) is 13.6. The number of ketones is 1. The summed E-state index contributed by atoms with van der Waals surface area (Å²) in [6, 6.07) is 18.0. The minimum Gasteiger partial charge on any atom is -0.308 e. The summed E-state index contributed by atoms with van der Waals surface area (Å²) in [6.07, 6.45) is 7.57. The molecule has 0 aromatic heterocycles. The second-order valence-corrected chi connectivity index (χ2v) is 7.50. The standard InChI is InChI=1S/C25H29NO2/c1-3-25(28)26(22-16-8-7-11-19(22)2)23-17-10-15-21(23)24(27)18-9-14-20-12-5-4-6-13-20/h4-9,11-13,16,18,21,23H,3,10,14-15,17H2,1-2H3/t21?,23-/m1/s1. The lowest BCUT2D eigenvalue weighted by Crippen LogP contribution is -2.44. The molecule has 3 nitrogen and oxygen atoms in total. The molecule has 1 amide bonds. The second kappa shape index (κ2) is 9.50. The van der Waals surface area contributed by atoms with Crippen LogP contribution in [0.1, 0.15) is 43.7 Å². The maximum absolute atomic E-state index is 13.0. The van der Waals surface area contributed by atoms with Gasteiger partial charge in [0.15, 0.2) is 5.78 Å². The zero-order valence-corrected chi connectivity index (χ0v) is 16.8. The van der Waals surface area contributed by atoms with Crippen LogP contribution in [0.5, 0.6) is 0 Å². The summed E-state index contributed by atoms with van der Waals surface area (Å²) in [6.45, 7) is 3.91. The minimum absolute atomic E-state index is 0.0533. The molecule has 2 atom stereocenters.